The first kappa shape index (κ1) is 22.4. The Kier molecular flexibility index (Phi) is 7.62. The monoisotopic (exact) mass is 440 g/mol. The quantitative estimate of drug-likeness (QED) is 0.364. The van der Waals surface area contributed by atoms with Gasteiger partial charge in [0.25, 0.3) is 0 Å². The van der Waals surface area contributed by atoms with Gasteiger partial charge >= 0.3 is 0 Å². The van der Waals surface area contributed by atoms with Gasteiger partial charge in [-0.3, -0.25) is 14.4 Å². The molecule has 0 saturated heterocycles. The van der Waals surface area contributed by atoms with Gasteiger partial charge in [0.05, 0.1) is 11.9 Å². The number of aryl methyl sites for hydroxylation is 2. The van der Waals surface area contributed by atoms with Crippen molar-refractivity contribution in [1.29, 1.82) is 0 Å². The van der Waals surface area contributed by atoms with Crippen LogP contribution in [0.2, 0.25) is 0 Å². The van der Waals surface area contributed by atoms with Crippen LogP contribution in [-0.2, 0) is 14.8 Å². The van der Waals surface area contributed by atoms with Gasteiger partial charge in [-0.2, -0.15) is 0 Å². The van der Waals surface area contributed by atoms with Crippen molar-refractivity contribution in [3.63, 3.8) is 0 Å². The molecular formula is C18H24N4O3S3. The van der Waals surface area contributed by atoms with Gasteiger partial charge < -0.3 is 0 Å². The first-order valence-electron chi connectivity index (χ1n) is 8.62. The average Bonchev–Trinajstić information content (AvgIpc) is 3.06. The predicted molar refractivity (Wildman–Crippen MR) is 117 cm³/mol. The zero-order chi connectivity index (χ0) is 20.9. The van der Waals surface area contributed by atoms with Crippen LogP contribution in [0.5, 0.6) is 0 Å². The number of thioether (sulfide) groups is 1. The summed E-state index contributed by atoms with van der Waals surface area (Å²) < 4.78 is 26.9. The maximum atomic E-state index is 12.9. The molecular weight excluding hydrogens is 416 g/mol. The number of carbonyl (C=O) groups is 1. The fraction of sp³-hybridized carbons (Fsp3) is 0.389. The lowest BCUT2D eigenvalue weighted by Gasteiger charge is -2.30. The van der Waals surface area contributed by atoms with Crippen LogP contribution in [0.4, 0.5) is 10.8 Å². The minimum absolute atomic E-state index is 0.308. The van der Waals surface area contributed by atoms with Gasteiger partial charge in [-0.25, -0.2) is 8.42 Å². The molecule has 1 aromatic heterocycles. The first-order valence-corrected chi connectivity index (χ1v) is 12.3. The Morgan fingerprint density at radius 2 is 2.07 bits per heavy atom. The topological polar surface area (TPSA) is 92.3 Å². The molecule has 7 nitrogen and oxygen atoms in total. The van der Waals surface area contributed by atoms with Crippen LogP contribution >= 0.6 is 23.1 Å². The number of hydrogen-bond acceptors (Lipinski definition) is 7. The number of rotatable bonds is 9. The van der Waals surface area contributed by atoms with E-state index in [0.29, 0.717) is 27.3 Å². The SMILES string of the molecule is C=CCSc1nnc(NC(=O)[C@@H](CC)N(c2ccc(C)c(C)c2)S(C)(=O)=O)s1. The van der Waals surface area contributed by atoms with E-state index in [9.17, 15) is 13.2 Å². The van der Waals surface area contributed by atoms with E-state index in [1.807, 2.05) is 19.9 Å². The van der Waals surface area contributed by atoms with Crippen molar-refractivity contribution < 1.29 is 13.2 Å². The number of nitrogens with zero attached hydrogens (tertiary/aromatic N) is 3. The molecule has 0 spiro atoms. The lowest BCUT2D eigenvalue weighted by atomic mass is 10.1. The summed E-state index contributed by atoms with van der Waals surface area (Å²) in [7, 11) is -3.68. The molecule has 0 bridgehead atoms. The molecule has 10 heteroatoms. The molecule has 0 radical (unpaired) electrons. The molecule has 0 aliphatic heterocycles. The van der Waals surface area contributed by atoms with E-state index in [-0.39, 0.29) is 0 Å². The van der Waals surface area contributed by atoms with E-state index in [2.05, 4.69) is 22.1 Å². The molecule has 0 saturated carbocycles. The number of carbonyl (C=O) groups excluding carboxylic acids is 1. The molecule has 2 rings (SSSR count). The van der Waals surface area contributed by atoms with E-state index in [1.54, 1.807) is 25.1 Å². The Bertz CT molecular complexity index is 957. The standard InChI is InChI=1S/C18H24N4O3S3/c1-6-10-26-18-21-20-17(27-18)19-16(23)15(7-2)22(28(5,24)25)14-9-8-12(3)13(4)11-14/h6,8-9,11,15H,1,7,10H2,2-5H3,(H,19,20,23)/t15-/m1/s1. The summed E-state index contributed by atoms with van der Waals surface area (Å²) in [5, 5.41) is 11.0. The number of aromatic nitrogens is 2. The molecule has 1 amide bonds. The molecule has 1 aromatic carbocycles. The summed E-state index contributed by atoms with van der Waals surface area (Å²) in [4.78, 5) is 12.9. The average molecular weight is 441 g/mol. The van der Waals surface area contributed by atoms with E-state index in [1.165, 1.54) is 27.4 Å². The summed E-state index contributed by atoms with van der Waals surface area (Å²) in [5.74, 6) is 0.247. The molecule has 1 N–H and O–H groups in total. The van der Waals surface area contributed by atoms with Crippen LogP contribution in [0.25, 0.3) is 0 Å². The van der Waals surface area contributed by atoms with Gasteiger partial charge in [0, 0.05) is 5.75 Å². The number of amides is 1. The van der Waals surface area contributed by atoms with Gasteiger partial charge in [-0.15, -0.1) is 16.8 Å². The van der Waals surface area contributed by atoms with E-state index >= 15 is 0 Å². The molecule has 0 aliphatic carbocycles. The lowest BCUT2D eigenvalue weighted by molar-refractivity contribution is -0.117. The third kappa shape index (κ3) is 5.55. The molecule has 0 unspecified atom stereocenters. The Hall–Kier alpha value is -1.91. The second-order valence-corrected chi connectivity index (χ2v) is 10.3. The van der Waals surface area contributed by atoms with Gasteiger partial charge in [0.15, 0.2) is 4.34 Å². The molecule has 152 valence electrons. The second-order valence-electron chi connectivity index (χ2n) is 6.21. The number of anilines is 2. The van der Waals surface area contributed by atoms with Crippen LogP contribution in [0.1, 0.15) is 24.5 Å². The maximum Gasteiger partial charge on any atom is 0.250 e. The van der Waals surface area contributed by atoms with Crippen LogP contribution in [0.15, 0.2) is 35.2 Å². The minimum Gasteiger partial charge on any atom is -0.299 e. The Labute approximate surface area is 174 Å². The largest absolute Gasteiger partial charge is 0.299 e. The van der Waals surface area contributed by atoms with Gasteiger partial charge in [-0.05, 0) is 43.5 Å². The van der Waals surface area contributed by atoms with Crippen LogP contribution in [0, 0.1) is 13.8 Å². The first-order chi connectivity index (χ1) is 13.2. The highest BCUT2D eigenvalue weighted by Gasteiger charge is 2.32. The smallest absolute Gasteiger partial charge is 0.250 e. The fourth-order valence-corrected chi connectivity index (χ4v) is 5.28. The number of benzene rings is 1. The molecule has 0 aliphatic rings. The minimum atomic E-state index is -3.68. The summed E-state index contributed by atoms with van der Waals surface area (Å²) in [6.07, 6.45) is 3.17. The van der Waals surface area contributed by atoms with Crippen LogP contribution in [0.3, 0.4) is 0 Å². The van der Waals surface area contributed by atoms with Crippen molar-refractivity contribution >= 4 is 49.8 Å². The van der Waals surface area contributed by atoms with E-state index < -0.39 is 22.0 Å². The van der Waals surface area contributed by atoms with Crippen molar-refractivity contribution in [2.24, 2.45) is 0 Å². The Balaban J connectivity index is 2.29. The number of hydrogen-bond donors (Lipinski definition) is 1. The summed E-state index contributed by atoms with van der Waals surface area (Å²) in [6, 6.07) is 4.45. The van der Waals surface area contributed by atoms with Crippen LogP contribution < -0.4 is 9.62 Å². The number of sulfonamides is 1. The zero-order valence-electron chi connectivity index (χ0n) is 16.3. The van der Waals surface area contributed by atoms with Crippen molar-refractivity contribution in [2.45, 2.75) is 37.6 Å². The highest BCUT2D eigenvalue weighted by atomic mass is 32.2. The second kappa shape index (κ2) is 9.53. The van der Waals surface area contributed by atoms with E-state index in [4.69, 9.17) is 0 Å². The molecule has 0 fully saturated rings. The third-order valence-corrected chi connectivity index (χ3v) is 7.18. The fourth-order valence-electron chi connectivity index (χ4n) is 2.56. The highest BCUT2D eigenvalue weighted by Crippen LogP contribution is 2.28. The molecule has 2 aromatic rings. The highest BCUT2D eigenvalue weighted by molar-refractivity contribution is 8.01. The number of nitrogens with one attached hydrogen (secondary N) is 1. The summed E-state index contributed by atoms with van der Waals surface area (Å²) >= 11 is 2.70. The van der Waals surface area contributed by atoms with E-state index in [0.717, 1.165) is 17.4 Å². The molecule has 1 heterocycles. The Morgan fingerprint density at radius 1 is 1.36 bits per heavy atom. The third-order valence-electron chi connectivity index (χ3n) is 4.04. The zero-order valence-corrected chi connectivity index (χ0v) is 18.7. The van der Waals surface area contributed by atoms with Crippen molar-refractivity contribution in [3.8, 4) is 0 Å². The normalized spacial score (nSPS) is 12.4. The summed E-state index contributed by atoms with van der Waals surface area (Å²) in [6.45, 7) is 9.28. The predicted octanol–water partition coefficient (Wildman–Crippen LogP) is 3.62. The Morgan fingerprint density at radius 3 is 2.64 bits per heavy atom. The van der Waals surface area contributed by atoms with Gasteiger partial charge in [0.2, 0.25) is 21.1 Å². The molecule has 28 heavy (non-hydrogen) atoms. The van der Waals surface area contributed by atoms with Gasteiger partial charge in [0.1, 0.15) is 6.04 Å². The van der Waals surface area contributed by atoms with Crippen molar-refractivity contribution in [3.05, 3.63) is 42.0 Å². The lowest BCUT2D eigenvalue weighted by Crippen LogP contribution is -2.47. The van der Waals surface area contributed by atoms with Crippen molar-refractivity contribution in [2.75, 3.05) is 21.6 Å². The van der Waals surface area contributed by atoms with Crippen LogP contribution in [-0.4, -0.2) is 42.6 Å². The van der Waals surface area contributed by atoms with Crippen molar-refractivity contribution in [1.82, 2.24) is 10.2 Å². The molecule has 1 atom stereocenters. The maximum absolute atomic E-state index is 12.9. The summed E-state index contributed by atoms with van der Waals surface area (Å²) in [5.41, 5.74) is 2.47. The van der Waals surface area contributed by atoms with Gasteiger partial charge in [-0.1, -0.05) is 42.2 Å².